The number of hydrogen-bond donors (Lipinski definition) is 2. The van der Waals surface area contributed by atoms with Crippen LogP contribution in [0.2, 0.25) is 0 Å². The quantitative estimate of drug-likeness (QED) is 0.358. The predicted octanol–water partition coefficient (Wildman–Crippen LogP) is 0.344. The van der Waals surface area contributed by atoms with Crippen LogP contribution < -0.4 is 11.3 Å². The lowest BCUT2D eigenvalue weighted by molar-refractivity contribution is -0.121. The van der Waals surface area contributed by atoms with Crippen molar-refractivity contribution in [3.8, 4) is 0 Å². The number of nitrogens with two attached hydrogens (primary N) is 1. The van der Waals surface area contributed by atoms with Gasteiger partial charge in [0.1, 0.15) is 0 Å². The molecule has 0 saturated carbocycles. The normalized spacial score (nSPS) is 10.9. The van der Waals surface area contributed by atoms with Crippen LogP contribution in [0.15, 0.2) is 0 Å². The summed E-state index contributed by atoms with van der Waals surface area (Å²) < 4.78 is 0. The molecular weight excluding hydrogens is 166 g/mol. The highest BCUT2D eigenvalue weighted by molar-refractivity contribution is 5.75. The summed E-state index contributed by atoms with van der Waals surface area (Å²) in [6.45, 7) is 9.25. The van der Waals surface area contributed by atoms with E-state index in [1.165, 1.54) is 0 Å². The zero-order valence-corrected chi connectivity index (χ0v) is 8.84. The van der Waals surface area contributed by atoms with Gasteiger partial charge >= 0.3 is 0 Å². The second-order valence-electron chi connectivity index (χ2n) is 3.60. The van der Waals surface area contributed by atoms with E-state index in [0.717, 1.165) is 19.6 Å². The highest BCUT2D eigenvalue weighted by Crippen LogP contribution is 1.98. The fraction of sp³-hybridized carbons (Fsp3) is 0.889. The molecule has 4 nitrogen and oxygen atoms in total. The highest BCUT2D eigenvalue weighted by Gasteiger charge is 2.06. The van der Waals surface area contributed by atoms with Crippen LogP contribution in [0.1, 0.15) is 27.2 Å². The van der Waals surface area contributed by atoms with Crippen molar-refractivity contribution < 1.29 is 4.79 Å². The van der Waals surface area contributed by atoms with Crippen LogP contribution in [0.3, 0.4) is 0 Å². The van der Waals surface area contributed by atoms with E-state index in [2.05, 4.69) is 31.1 Å². The lowest BCUT2D eigenvalue weighted by atomic mass is 10.2. The van der Waals surface area contributed by atoms with Gasteiger partial charge < -0.3 is 4.90 Å². The van der Waals surface area contributed by atoms with Crippen LogP contribution in [0.4, 0.5) is 0 Å². The first-order valence-electron chi connectivity index (χ1n) is 4.82. The molecule has 3 N–H and O–H groups in total. The van der Waals surface area contributed by atoms with Crippen molar-refractivity contribution in [3.05, 3.63) is 0 Å². The van der Waals surface area contributed by atoms with Crippen molar-refractivity contribution in [3.63, 3.8) is 0 Å². The van der Waals surface area contributed by atoms with Gasteiger partial charge in [-0.2, -0.15) is 0 Å². The number of carbonyl (C=O) groups is 1. The summed E-state index contributed by atoms with van der Waals surface area (Å²) >= 11 is 0. The fourth-order valence-corrected chi connectivity index (χ4v) is 1.23. The average Bonchev–Trinajstić information content (AvgIpc) is 2.10. The van der Waals surface area contributed by atoms with E-state index in [0.29, 0.717) is 12.3 Å². The molecule has 0 rings (SSSR count). The molecule has 1 amide bonds. The fourth-order valence-electron chi connectivity index (χ4n) is 1.23. The van der Waals surface area contributed by atoms with Crippen LogP contribution >= 0.6 is 0 Å². The Hall–Kier alpha value is -0.610. The Morgan fingerprint density at radius 3 is 2.54 bits per heavy atom. The van der Waals surface area contributed by atoms with Crippen molar-refractivity contribution in [2.75, 3.05) is 19.6 Å². The summed E-state index contributed by atoms with van der Waals surface area (Å²) in [7, 11) is 0. The molecule has 0 aliphatic carbocycles. The molecule has 0 fully saturated rings. The molecule has 0 bridgehead atoms. The Morgan fingerprint density at radius 2 is 2.15 bits per heavy atom. The van der Waals surface area contributed by atoms with E-state index in [4.69, 9.17) is 5.84 Å². The Bertz CT molecular complexity index is 148. The molecule has 0 heterocycles. The van der Waals surface area contributed by atoms with Gasteiger partial charge in [0, 0.05) is 19.5 Å². The Kier molecular flexibility index (Phi) is 6.54. The van der Waals surface area contributed by atoms with Crippen LogP contribution in [0.25, 0.3) is 0 Å². The highest BCUT2D eigenvalue weighted by atomic mass is 16.2. The Balaban J connectivity index is 3.65. The molecule has 0 aromatic carbocycles. The third-order valence-corrected chi connectivity index (χ3v) is 1.89. The number of carbonyl (C=O) groups excluding carboxylic acids is 1. The number of amides is 1. The summed E-state index contributed by atoms with van der Waals surface area (Å²) in [5, 5.41) is 0. The van der Waals surface area contributed by atoms with E-state index in [1.807, 2.05) is 0 Å². The molecule has 0 spiro atoms. The van der Waals surface area contributed by atoms with Gasteiger partial charge in [0.15, 0.2) is 0 Å². The molecule has 4 heteroatoms. The van der Waals surface area contributed by atoms with E-state index < -0.39 is 0 Å². The molecule has 0 aliphatic heterocycles. The summed E-state index contributed by atoms with van der Waals surface area (Å²) in [5.74, 6) is 5.53. The lowest BCUT2D eigenvalue weighted by Crippen LogP contribution is -2.35. The zero-order chi connectivity index (χ0) is 10.3. The molecule has 78 valence electrons. The number of hydrogen-bond acceptors (Lipinski definition) is 3. The summed E-state index contributed by atoms with van der Waals surface area (Å²) in [6.07, 6.45) is 0.483. The van der Waals surface area contributed by atoms with E-state index in [-0.39, 0.29) is 5.91 Å². The maximum absolute atomic E-state index is 10.9. The van der Waals surface area contributed by atoms with Crippen LogP contribution in [0.5, 0.6) is 0 Å². The zero-order valence-electron chi connectivity index (χ0n) is 8.84. The minimum Gasteiger partial charge on any atom is -0.303 e. The van der Waals surface area contributed by atoms with Crippen molar-refractivity contribution in [2.24, 2.45) is 11.8 Å². The average molecular weight is 187 g/mol. The number of nitrogens with zero attached hydrogens (tertiary/aromatic N) is 1. The first-order chi connectivity index (χ1) is 6.10. The number of hydrazine groups is 1. The lowest BCUT2D eigenvalue weighted by Gasteiger charge is -2.21. The smallest absolute Gasteiger partial charge is 0.235 e. The molecule has 0 atom stereocenters. The molecule has 13 heavy (non-hydrogen) atoms. The van der Waals surface area contributed by atoms with Gasteiger partial charge in [0.2, 0.25) is 5.91 Å². The maximum atomic E-state index is 10.9. The molecular formula is C9H21N3O. The number of rotatable bonds is 6. The topological polar surface area (TPSA) is 58.4 Å². The van der Waals surface area contributed by atoms with Crippen molar-refractivity contribution in [1.29, 1.82) is 0 Å². The van der Waals surface area contributed by atoms with Gasteiger partial charge in [-0.15, -0.1) is 0 Å². The van der Waals surface area contributed by atoms with Crippen molar-refractivity contribution in [1.82, 2.24) is 10.3 Å². The van der Waals surface area contributed by atoms with Crippen molar-refractivity contribution in [2.45, 2.75) is 27.2 Å². The van der Waals surface area contributed by atoms with Gasteiger partial charge in [-0.25, -0.2) is 5.84 Å². The van der Waals surface area contributed by atoms with Gasteiger partial charge in [-0.1, -0.05) is 20.8 Å². The van der Waals surface area contributed by atoms with E-state index in [1.54, 1.807) is 0 Å². The SMILES string of the molecule is CCN(CCC(=O)NN)CC(C)C. The van der Waals surface area contributed by atoms with Gasteiger partial charge in [-0.3, -0.25) is 10.2 Å². The van der Waals surface area contributed by atoms with Crippen LogP contribution in [-0.4, -0.2) is 30.4 Å². The minimum absolute atomic E-state index is 0.0952. The third kappa shape index (κ3) is 6.54. The van der Waals surface area contributed by atoms with Gasteiger partial charge in [0.25, 0.3) is 0 Å². The number of nitrogens with one attached hydrogen (secondary N) is 1. The standard InChI is InChI=1S/C9H21N3O/c1-4-12(7-8(2)3)6-5-9(13)11-10/h8H,4-7,10H2,1-3H3,(H,11,13). The second-order valence-corrected chi connectivity index (χ2v) is 3.60. The molecule has 0 aromatic rings. The van der Waals surface area contributed by atoms with Gasteiger partial charge in [0.05, 0.1) is 0 Å². The van der Waals surface area contributed by atoms with E-state index >= 15 is 0 Å². The van der Waals surface area contributed by atoms with Crippen LogP contribution in [-0.2, 0) is 4.79 Å². The first-order valence-corrected chi connectivity index (χ1v) is 4.82. The molecule has 0 saturated heterocycles. The van der Waals surface area contributed by atoms with Gasteiger partial charge in [-0.05, 0) is 12.5 Å². The predicted molar refractivity (Wildman–Crippen MR) is 53.9 cm³/mol. The van der Waals surface area contributed by atoms with Crippen molar-refractivity contribution >= 4 is 5.91 Å². The second kappa shape index (κ2) is 6.86. The van der Waals surface area contributed by atoms with Crippen LogP contribution in [0, 0.1) is 5.92 Å². The summed E-state index contributed by atoms with van der Waals surface area (Å²) in [5.41, 5.74) is 2.13. The monoisotopic (exact) mass is 187 g/mol. The molecule has 0 aliphatic rings. The third-order valence-electron chi connectivity index (χ3n) is 1.89. The molecule has 0 unspecified atom stereocenters. The summed E-state index contributed by atoms with van der Waals surface area (Å²) in [4.78, 5) is 13.1. The van der Waals surface area contributed by atoms with E-state index in [9.17, 15) is 4.79 Å². The summed E-state index contributed by atoms with van der Waals surface area (Å²) in [6, 6.07) is 0. The first kappa shape index (κ1) is 12.4. The Morgan fingerprint density at radius 1 is 1.54 bits per heavy atom. The maximum Gasteiger partial charge on any atom is 0.235 e. The molecule has 0 aromatic heterocycles. The largest absolute Gasteiger partial charge is 0.303 e. The molecule has 0 radical (unpaired) electrons. The minimum atomic E-state index is -0.0952. The Labute approximate surface area is 80.4 Å².